The molecule has 6 nitrogen and oxygen atoms in total. The van der Waals surface area contributed by atoms with Crippen LogP contribution in [0.2, 0.25) is 0 Å². The number of nitrogens with zero attached hydrogens (tertiary/aromatic N) is 1. The molecule has 1 aliphatic rings. The highest BCUT2D eigenvalue weighted by atomic mass is 32.2. The number of amides is 1. The van der Waals surface area contributed by atoms with Crippen molar-refractivity contribution in [2.75, 3.05) is 24.9 Å². The van der Waals surface area contributed by atoms with Crippen LogP contribution in [0.1, 0.15) is 28.8 Å². The van der Waals surface area contributed by atoms with Crippen molar-refractivity contribution < 1.29 is 17.9 Å². The Balaban J connectivity index is 1.90. The standard InChI is InChI=1S/C19H22N2O4S/c1-14-8-9-17(13-18(14)19(22)21-10-3-4-11-21)26(23,24)20-15-6-5-7-16(12-15)25-2/h5-9,12-13,20H,3-4,10-11H2,1-2H3. The number of sulfonamides is 1. The fraction of sp³-hybridized carbons (Fsp3) is 0.316. The molecule has 0 unspecified atom stereocenters. The van der Waals surface area contributed by atoms with Crippen molar-refractivity contribution in [3.05, 3.63) is 53.6 Å². The Labute approximate surface area is 153 Å². The van der Waals surface area contributed by atoms with E-state index in [2.05, 4.69) is 4.72 Å². The molecule has 0 aromatic heterocycles. The molecule has 138 valence electrons. The molecule has 2 aromatic rings. The van der Waals surface area contributed by atoms with E-state index in [-0.39, 0.29) is 10.8 Å². The van der Waals surface area contributed by atoms with E-state index in [9.17, 15) is 13.2 Å². The zero-order valence-electron chi connectivity index (χ0n) is 14.9. The van der Waals surface area contributed by atoms with Crippen LogP contribution in [0.4, 0.5) is 5.69 Å². The fourth-order valence-electron chi connectivity index (χ4n) is 2.99. The second kappa shape index (κ2) is 7.37. The minimum Gasteiger partial charge on any atom is -0.497 e. The third-order valence-electron chi connectivity index (χ3n) is 4.46. The van der Waals surface area contributed by atoms with Crippen molar-refractivity contribution in [2.45, 2.75) is 24.7 Å². The molecule has 1 heterocycles. The highest BCUT2D eigenvalue weighted by molar-refractivity contribution is 7.92. The van der Waals surface area contributed by atoms with Crippen LogP contribution in [0.3, 0.4) is 0 Å². The molecule has 0 saturated carbocycles. The van der Waals surface area contributed by atoms with Crippen LogP contribution in [0, 0.1) is 6.92 Å². The summed E-state index contributed by atoms with van der Waals surface area (Å²) in [5, 5.41) is 0. The van der Waals surface area contributed by atoms with E-state index in [0.29, 0.717) is 17.0 Å². The van der Waals surface area contributed by atoms with Gasteiger partial charge >= 0.3 is 0 Å². The first-order valence-corrected chi connectivity index (χ1v) is 9.96. The number of carbonyl (C=O) groups excluding carboxylic acids is 1. The third-order valence-corrected chi connectivity index (χ3v) is 5.84. The van der Waals surface area contributed by atoms with Gasteiger partial charge in [0.05, 0.1) is 17.7 Å². The van der Waals surface area contributed by atoms with Crippen molar-refractivity contribution in [2.24, 2.45) is 0 Å². The molecule has 2 aromatic carbocycles. The SMILES string of the molecule is COc1cccc(NS(=O)(=O)c2ccc(C)c(C(=O)N3CCCC3)c2)c1. The predicted molar refractivity (Wildman–Crippen MR) is 100 cm³/mol. The molecule has 0 bridgehead atoms. The van der Waals surface area contributed by atoms with Gasteiger partial charge in [-0.3, -0.25) is 9.52 Å². The van der Waals surface area contributed by atoms with E-state index in [1.807, 2.05) is 6.92 Å². The topological polar surface area (TPSA) is 75.7 Å². The molecule has 7 heteroatoms. The van der Waals surface area contributed by atoms with E-state index in [4.69, 9.17) is 4.74 Å². The van der Waals surface area contributed by atoms with Crippen molar-refractivity contribution in [1.82, 2.24) is 4.90 Å². The van der Waals surface area contributed by atoms with Gasteiger partial charge in [0.1, 0.15) is 5.75 Å². The van der Waals surface area contributed by atoms with Crippen LogP contribution in [0.5, 0.6) is 5.75 Å². The summed E-state index contributed by atoms with van der Waals surface area (Å²) >= 11 is 0. The van der Waals surface area contributed by atoms with Gasteiger partial charge in [0.2, 0.25) is 0 Å². The Kier molecular flexibility index (Phi) is 5.18. The molecule has 0 spiro atoms. The van der Waals surface area contributed by atoms with Gasteiger partial charge in [-0.25, -0.2) is 8.42 Å². The average Bonchev–Trinajstić information content (AvgIpc) is 3.16. The first-order valence-electron chi connectivity index (χ1n) is 8.47. The molecular formula is C19H22N2O4S. The van der Waals surface area contributed by atoms with Gasteiger partial charge in [0, 0.05) is 24.7 Å². The molecule has 0 radical (unpaired) electrons. The second-order valence-electron chi connectivity index (χ2n) is 6.31. The lowest BCUT2D eigenvalue weighted by Gasteiger charge is -2.17. The minimum absolute atomic E-state index is 0.0634. The summed E-state index contributed by atoms with van der Waals surface area (Å²) in [5.74, 6) is 0.442. The number of aryl methyl sites for hydroxylation is 1. The Morgan fingerprint density at radius 3 is 2.54 bits per heavy atom. The van der Waals surface area contributed by atoms with E-state index in [1.165, 1.54) is 19.2 Å². The number of hydrogen-bond acceptors (Lipinski definition) is 4. The number of anilines is 1. The molecule has 1 N–H and O–H groups in total. The molecule has 1 saturated heterocycles. The quantitative estimate of drug-likeness (QED) is 0.873. The van der Waals surface area contributed by atoms with Gasteiger partial charge in [-0.1, -0.05) is 12.1 Å². The Bertz CT molecular complexity index is 919. The molecule has 1 aliphatic heterocycles. The van der Waals surface area contributed by atoms with E-state index >= 15 is 0 Å². The smallest absolute Gasteiger partial charge is 0.261 e. The number of ether oxygens (including phenoxy) is 1. The maximum Gasteiger partial charge on any atom is 0.261 e. The lowest BCUT2D eigenvalue weighted by atomic mass is 10.1. The van der Waals surface area contributed by atoms with Crippen LogP contribution >= 0.6 is 0 Å². The Morgan fingerprint density at radius 2 is 1.85 bits per heavy atom. The Hall–Kier alpha value is -2.54. The largest absolute Gasteiger partial charge is 0.497 e. The summed E-state index contributed by atoms with van der Waals surface area (Å²) in [4.78, 5) is 14.5. The summed E-state index contributed by atoms with van der Waals surface area (Å²) < 4.78 is 33.1. The van der Waals surface area contributed by atoms with Gasteiger partial charge in [0.25, 0.3) is 15.9 Å². The van der Waals surface area contributed by atoms with Gasteiger partial charge in [-0.15, -0.1) is 0 Å². The highest BCUT2D eigenvalue weighted by Gasteiger charge is 2.23. The first-order chi connectivity index (χ1) is 12.4. The van der Waals surface area contributed by atoms with E-state index < -0.39 is 10.0 Å². The van der Waals surface area contributed by atoms with Gasteiger partial charge in [-0.2, -0.15) is 0 Å². The average molecular weight is 374 g/mol. The van der Waals surface area contributed by atoms with Crippen LogP contribution < -0.4 is 9.46 Å². The maximum atomic E-state index is 12.7. The van der Waals surface area contributed by atoms with Crippen LogP contribution in [0.25, 0.3) is 0 Å². The third kappa shape index (κ3) is 3.83. The van der Waals surface area contributed by atoms with Crippen LogP contribution in [-0.2, 0) is 10.0 Å². The van der Waals surface area contributed by atoms with E-state index in [0.717, 1.165) is 31.5 Å². The summed E-state index contributed by atoms with van der Waals surface area (Å²) in [6.07, 6.45) is 1.97. The van der Waals surface area contributed by atoms with Crippen molar-refractivity contribution in [1.29, 1.82) is 0 Å². The number of nitrogens with one attached hydrogen (secondary N) is 1. The molecule has 0 atom stereocenters. The molecule has 0 aliphatic carbocycles. The Morgan fingerprint density at radius 1 is 1.12 bits per heavy atom. The number of carbonyl (C=O) groups is 1. The van der Waals surface area contributed by atoms with Crippen molar-refractivity contribution >= 4 is 21.6 Å². The maximum absolute atomic E-state index is 12.7. The number of rotatable bonds is 5. The molecule has 26 heavy (non-hydrogen) atoms. The second-order valence-corrected chi connectivity index (χ2v) is 8.00. The molecule has 1 amide bonds. The zero-order valence-corrected chi connectivity index (χ0v) is 15.7. The van der Waals surface area contributed by atoms with Crippen LogP contribution in [0.15, 0.2) is 47.4 Å². The van der Waals surface area contributed by atoms with Gasteiger partial charge in [-0.05, 0) is 49.6 Å². The van der Waals surface area contributed by atoms with Crippen molar-refractivity contribution in [3.8, 4) is 5.75 Å². The predicted octanol–water partition coefficient (Wildman–Crippen LogP) is 3.04. The number of hydrogen-bond donors (Lipinski definition) is 1. The summed E-state index contributed by atoms with van der Waals surface area (Å²) in [6, 6.07) is 11.3. The normalized spacial score (nSPS) is 14.3. The fourth-order valence-corrected chi connectivity index (χ4v) is 4.07. The van der Waals surface area contributed by atoms with Crippen LogP contribution in [-0.4, -0.2) is 39.4 Å². The minimum atomic E-state index is -3.81. The van der Waals surface area contributed by atoms with Crippen molar-refractivity contribution in [3.63, 3.8) is 0 Å². The molecule has 3 rings (SSSR count). The zero-order chi connectivity index (χ0) is 18.7. The summed E-state index contributed by atoms with van der Waals surface area (Å²) in [6.45, 7) is 3.25. The first kappa shape index (κ1) is 18.3. The molecular weight excluding hydrogens is 352 g/mol. The highest BCUT2D eigenvalue weighted by Crippen LogP contribution is 2.23. The summed E-state index contributed by atoms with van der Waals surface area (Å²) in [5.41, 5.74) is 1.60. The number of methoxy groups -OCH3 is 1. The monoisotopic (exact) mass is 374 g/mol. The number of benzene rings is 2. The number of likely N-dealkylation sites (tertiary alicyclic amines) is 1. The lowest BCUT2D eigenvalue weighted by Crippen LogP contribution is -2.28. The van der Waals surface area contributed by atoms with E-state index in [1.54, 1.807) is 35.2 Å². The molecule has 1 fully saturated rings. The van der Waals surface area contributed by atoms with Gasteiger partial charge < -0.3 is 9.64 Å². The lowest BCUT2D eigenvalue weighted by molar-refractivity contribution is 0.0792. The van der Waals surface area contributed by atoms with Gasteiger partial charge in [0.15, 0.2) is 0 Å². The summed E-state index contributed by atoms with van der Waals surface area (Å²) in [7, 11) is -2.29.